The van der Waals surface area contributed by atoms with Crippen molar-refractivity contribution in [2.75, 3.05) is 11.1 Å². The quantitative estimate of drug-likeness (QED) is 0.487. The van der Waals surface area contributed by atoms with Gasteiger partial charge in [0.15, 0.2) is 0 Å². The molecule has 6 heteroatoms. The summed E-state index contributed by atoms with van der Waals surface area (Å²) in [6.45, 7) is 6.19. The number of rotatable bonds is 4. The lowest BCUT2D eigenvalue weighted by molar-refractivity contribution is -0.113. The van der Waals surface area contributed by atoms with Gasteiger partial charge in [-0.05, 0) is 73.9 Å². The van der Waals surface area contributed by atoms with E-state index in [1.807, 2.05) is 6.07 Å². The van der Waals surface area contributed by atoms with Gasteiger partial charge in [0, 0.05) is 12.1 Å². The molecule has 0 unspecified atom stereocenters. The maximum absolute atomic E-state index is 13.1. The second kappa shape index (κ2) is 9.49. The van der Waals surface area contributed by atoms with Crippen molar-refractivity contribution in [3.8, 4) is 0 Å². The molecule has 4 rings (SSSR count). The van der Waals surface area contributed by atoms with Crippen molar-refractivity contribution in [2.24, 2.45) is 9.98 Å². The summed E-state index contributed by atoms with van der Waals surface area (Å²) in [5.74, 6) is -0.294. The second-order valence-electron chi connectivity index (χ2n) is 7.88. The number of amides is 1. The number of anilines is 1. The molecular formula is C26H24FN3OS. The normalized spacial score (nSPS) is 13.0. The van der Waals surface area contributed by atoms with Crippen LogP contribution in [0.5, 0.6) is 0 Å². The summed E-state index contributed by atoms with van der Waals surface area (Å²) in [6, 6.07) is 18.1. The molecule has 1 amide bonds. The van der Waals surface area contributed by atoms with Crippen molar-refractivity contribution in [3.63, 3.8) is 0 Å². The van der Waals surface area contributed by atoms with Crippen molar-refractivity contribution in [3.05, 3.63) is 88.7 Å². The standard InChI is InChI=1S/C26H24FN3OS/c1-16-4-6-19(7-5-16)22-14-26(30-24-13-18(3)17(2)12-23(24)29-22)32-15-25(31)28-21-10-8-20(27)9-11-21/h4-13H,14-15H2,1-3H3,(H,28,31). The van der Waals surface area contributed by atoms with Gasteiger partial charge in [0.1, 0.15) is 5.82 Å². The molecule has 0 bridgehead atoms. The number of hydrogen-bond donors (Lipinski definition) is 1. The number of aryl methyl sites for hydroxylation is 3. The Morgan fingerprint density at radius 1 is 0.938 bits per heavy atom. The van der Waals surface area contributed by atoms with Crippen LogP contribution in [0.3, 0.4) is 0 Å². The molecule has 162 valence electrons. The smallest absolute Gasteiger partial charge is 0.234 e. The molecule has 0 radical (unpaired) electrons. The Morgan fingerprint density at radius 3 is 2.22 bits per heavy atom. The molecule has 3 aromatic carbocycles. The number of fused-ring (bicyclic) bond motifs is 1. The van der Waals surface area contributed by atoms with Gasteiger partial charge >= 0.3 is 0 Å². The fraction of sp³-hybridized carbons (Fsp3) is 0.192. The van der Waals surface area contributed by atoms with Crippen molar-refractivity contribution < 1.29 is 9.18 Å². The SMILES string of the molecule is Cc1ccc(C2=Nc3cc(C)c(C)cc3N=C(SCC(=O)Nc3ccc(F)cc3)C2)cc1. The number of carbonyl (C=O) groups excluding carboxylic acids is 1. The molecule has 0 saturated carbocycles. The minimum atomic E-state index is -0.336. The summed E-state index contributed by atoms with van der Waals surface area (Å²) >= 11 is 1.40. The van der Waals surface area contributed by atoms with Gasteiger partial charge in [0.2, 0.25) is 5.91 Å². The van der Waals surface area contributed by atoms with E-state index in [1.165, 1.54) is 35.0 Å². The molecule has 1 aliphatic rings. The highest BCUT2D eigenvalue weighted by molar-refractivity contribution is 8.14. The van der Waals surface area contributed by atoms with Crippen LogP contribution in [0.4, 0.5) is 21.5 Å². The second-order valence-corrected chi connectivity index (χ2v) is 8.92. The highest BCUT2D eigenvalue weighted by Crippen LogP contribution is 2.36. The van der Waals surface area contributed by atoms with Gasteiger partial charge in [-0.3, -0.25) is 9.79 Å². The van der Waals surface area contributed by atoms with E-state index < -0.39 is 0 Å². The number of halogens is 1. The van der Waals surface area contributed by atoms with Crippen LogP contribution in [0.1, 0.15) is 28.7 Å². The van der Waals surface area contributed by atoms with Crippen molar-refractivity contribution in [2.45, 2.75) is 27.2 Å². The van der Waals surface area contributed by atoms with E-state index in [0.29, 0.717) is 12.1 Å². The molecule has 0 atom stereocenters. The minimum Gasteiger partial charge on any atom is -0.325 e. The number of nitrogens with zero attached hydrogens (tertiary/aromatic N) is 2. The highest BCUT2D eigenvalue weighted by atomic mass is 32.2. The molecule has 3 aromatic rings. The summed E-state index contributed by atoms with van der Waals surface area (Å²) in [5.41, 5.74) is 7.71. The summed E-state index contributed by atoms with van der Waals surface area (Å²) < 4.78 is 13.1. The first-order valence-corrected chi connectivity index (χ1v) is 11.4. The lowest BCUT2D eigenvalue weighted by Gasteiger charge is -2.08. The molecule has 4 nitrogen and oxygen atoms in total. The number of hydrogen-bond acceptors (Lipinski definition) is 4. The molecule has 1 heterocycles. The summed E-state index contributed by atoms with van der Waals surface area (Å²) in [7, 11) is 0. The molecule has 0 saturated heterocycles. The van der Waals surface area contributed by atoms with Gasteiger partial charge in [-0.25, -0.2) is 9.38 Å². The lowest BCUT2D eigenvalue weighted by Crippen LogP contribution is -2.16. The van der Waals surface area contributed by atoms with E-state index in [1.54, 1.807) is 12.1 Å². The minimum absolute atomic E-state index is 0.164. The zero-order valence-corrected chi connectivity index (χ0v) is 19.1. The van der Waals surface area contributed by atoms with Gasteiger partial charge in [0.05, 0.1) is 27.9 Å². The van der Waals surface area contributed by atoms with E-state index in [2.05, 4.69) is 56.4 Å². The predicted octanol–water partition coefficient (Wildman–Crippen LogP) is 6.68. The third-order valence-electron chi connectivity index (χ3n) is 5.29. The summed E-state index contributed by atoms with van der Waals surface area (Å²) in [6.07, 6.45) is 0.546. The molecular weight excluding hydrogens is 421 g/mol. The first kappa shape index (κ1) is 22.0. The molecule has 32 heavy (non-hydrogen) atoms. The van der Waals surface area contributed by atoms with E-state index >= 15 is 0 Å². The molecule has 0 aromatic heterocycles. The molecule has 0 spiro atoms. The third-order valence-corrected chi connectivity index (χ3v) is 6.27. The van der Waals surface area contributed by atoms with Crippen LogP contribution in [0.25, 0.3) is 0 Å². The predicted molar refractivity (Wildman–Crippen MR) is 132 cm³/mol. The van der Waals surface area contributed by atoms with Gasteiger partial charge in [0.25, 0.3) is 0 Å². The number of aliphatic imine (C=N–C) groups is 2. The summed E-state index contributed by atoms with van der Waals surface area (Å²) in [4.78, 5) is 22.3. The molecule has 1 N–H and O–H groups in total. The van der Waals surface area contributed by atoms with Crippen LogP contribution in [-0.2, 0) is 4.79 Å². The van der Waals surface area contributed by atoms with Gasteiger partial charge in [-0.15, -0.1) is 11.8 Å². The van der Waals surface area contributed by atoms with Crippen molar-refractivity contribution >= 4 is 45.5 Å². The molecule has 1 aliphatic heterocycles. The topological polar surface area (TPSA) is 53.8 Å². The van der Waals surface area contributed by atoms with E-state index in [-0.39, 0.29) is 17.5 Å². The third kappa shape index (κ3) is 5.32. The lowest BCUT2D eigenvalue weighted by atomic mass is 10.1. The molecule has 0 aliphatic carbocycles. The number of carbonyl (C=O) groups is 1. The van der Waals surface area contributed by atoms with Crippen LogP contribution in [0.2, 0.25) is 0 Å². The van der Waals surface area contributed by atoms with E-state index in [9.17, 15) is 9.18 Å². The highest BCUT2D eigenvalue weighted by Gasteiger charge is 2.17. The Balaban J connectivity index is 1.57. The zero-order chi connectivity index (χ0) is 22.7. The Bertz CT molecular complexity index is 1220. The Morgan fingerprint density at radius 2 is 1.56 bits per heavy atom. The van der Waals surface area contributed by atoms with E-state index in [0.717, 1.165) is 33.3 Å². The number of thioether (sulfide) groups is 1. The van der Waals surface area contributed by atoms with Crippen LogP contribution in [0.15, 0.2) is 70.6 Å². The average molecular weight is 446 g/mol. The monoisotopic (exact) mass is 445 g/mol. The summed E-state index contributed by atoms with van der Waals surface area (Å²) in [5, 5.41) is 3.63. The van der Waals surface area contributed by atoms with Crippen molar-refractivity contribution in [1.29, 1.82) is 0 Å². The Hall–Kier alpha value is -3.25. The van der Waals surface area contributed by atoms with Crippen LogP contribution >= 0.6 is 11.8 Å². The van der Waals surface area contributed by atoms with Gasteiger partial charge in [-0.2, -0.15) is 0 Å². The Labute approximate surface area is 191 Å². The fourth-order valence-corrected chi connectivity index (χ4v) is 4.11. The van der Waals surface area contributed by atoms with Crippen LogP contribution < -0.4 is 5.32 Å². The van der Waals surface area contributed by atoms with Crippen molar-refractivity contribution in [1.82, 2.24) is 0 Å². The van der Waals surface area contributed by atoms with Crippen LogP contribution in [-0.4, -0.2) is 22.4 Å². The largest absolute Gasteiger partial charge is 0.325 e. The number of nitrogens with one attached hydrogen (secondary N) is 1. The first-order chi connectivity index (χ1) is 15.4. The molecule has 0 fully saturated rings. The van der Waals surface area contributed by atoms with Gasteiger partial charge in [-0.1, -0.05) is 29.8 Å². The number of benzene rings is 3. The maximum Gasteiger partial charge on any atom is 0.234 e. The van der Waals surface area contributed by atoms with E-state index in [4.69, 9.17) is 9.98 Å². The zero-order valence-electron chi connectivity index (χ0n) is 18.3. The average Bonchev–Trinajstić information content (AvgIpc) is 2.94. The van der Waals surface area contributed by atoms with Crippen LogP contribution in [0, 0.1) is 26.6 Å². The Kier molecular flexibility index (Phi) is 6.51. The fourth-order valence-electron chi connectivity index (χ4n) is 3.34. The maximum atomic E-state index is 13.1. The first-order valence-electron chi connectivity index (χ1n) is 10.4. The van der Waals surface area contributed by atoms with Gasteiger partial charge < -0.3 is 5.32 Å².